The van der Waals surface area contributed by atoms with E-state index in [-0.39, 0.29) is 6.03 Å². The van der Waals surface area contributed by atoms with Crippen molar-refractivity contribution in [2.24, 2.45) is 0 Å². The number of hydrogen-bond donors (Lipinski definition) is 1. The zero-order chi connectivity index (χ0) is 8.69. The van der Waals surface area contributed by atoms with E-state index in [2.05, 4.69) is 10.3 Å². The Balaban J connectivity index is 3.46. The molecule has 66 valence electrons. The van der Waals surface area contributed by atoms with Gasteiger partial charge in [-0.1, -0.05) is 0 Å². The maximum atomic E-state index is 10.9. The highest BCUT2D eigenvalue weighted by molar-refractivity contribution is 5.72. The van der Waals surface area contributed by atoms with Crippen LogP contribution in [0.2, 0.25) is 0 Å². The Hall–Kier alpha value is -0.810. The second-order valence-electron chi connectivity index (χ2n) is 2.03. The number of rotatable bonds is 4. The molecule has 0 aromatic carbocycles. The predicted octanol–water partition coefficient (Wildman–Crippen LogP) is -0.164. The number of nitrogens with one attached hydrogen (secondary N) is 1. The standard InChI is InChI=1S/C6H14N2O3/c1-8(4-5-10-2)6(9)7-11-3/h4-5H2,1-3H3,(H,7,9). The lowest BCUT2D eigenvalue weighted by molar-refractivity contribution is 0.0849. The number of amides is 2. The van der Waals surface area contributed by atoms with Gasteiger partial charge in [0, 0.05) is 20.7 Å². The number of ether oxygens (including phenoxy) is 1. The van der Waals surface area contributed by atoms with Crippen LogP contribution in [-0.4, -0.2) is 45.3 Å². The molecule has 0 unspecified atom stereocenters. The average Bonchev–Trinajstić information content (AvgIpc) is 2.00. The fourth-order valence-electron chi connectivity index (χ4n) is 0.495. The lowest BCUT2D eigenvalue weighted by atomic mass is 10.6. The second kappa shape index (κ2) is 5.94. The number of hydrogen-bond acceptors (Lipinski definition) is 3. The molecule has 11 heavy (non-hydrogen) atoms. The smallest absolute Gasteiger partial charge is 0.341 e. The summed E-state index contributed by atoms with van der Waals surface area (Å²) in [6.45, 7) is 1.07. The third kappa shape index (κ3) is 4.58. The minimum atomic E-state index is -0.274. The molecule has 0 fully saturated rings. The Morgan fingerprint density at radius 1 is 1.55 bits per heavy atom. The van der Waals surface area contributed by atoms with Crippen LogP contribution in [0.15, 0.2) is 0 Å². The Morgan fingerprint density at radius 2 is 2.18 bits per heavy atom. The van der Waals surface area contributed by atoms with E-state index in [0.717, 1.165) is 0 Å². The van der Waals surface area contributed by atoms with Crippen molar-refractivity contribution >= 4 is 6.03 Å². The molecule has 0 radical (unpaired) electrons. The highest BCUT2D eigenvalue weighted by Crippen LogP contribution is 1.83. The molecule has 0 aromatic heterocycles. The van der Waals surface area contributed by atoms with E-state index in [1.54, 1.807) is 14.2 Å². The van der Waals surface area contributed by atoms with Crippen LogP contribution in [0.1, 0.15) is 0 Å². The summed E-state index contributed by atoms with van der Waals surface area (Å²) < 4.78 is 4.78. The number of likely N-dealkylation sites (N-methyl/N-ethyl adjacent to an activating group) is 1. The molecule has 0 saturated heterocycles. The van der Waals surface area contributed by atoms with Crippen molar-refractivity contribution in [1.29, 1.82) is 0 Å². The molecular weight excluding hydrogens is 148 g/mol. The molecule has 2 amide bonds. The number of urea groups is 1. The fourth-order valence-corrected chi connectivity index (χ4v) is 0.495. The van der Waals surface area contributed by atoms with Gasteiger partial charge in [0.15, 0.2) is 0 Å². The number of methoxy groups -OCH3 is 1. The number of nitrogens with zero attached hydrogens (tertiary/aromatic N) is 1. The minimum Gasteiger partial charge on any atom is -0.383 e. The van der Waals surface area contributed by atoms with E-state index in [0.29, 0.717) is 13.2 Å². The first-order valence-electron chi connectivity index (χ1n) is 3.25. The molecule has 5 nitrogen and oxygen atoms in total. The first kappa shape index (κ1) is 10.2. The first-order chi connectivity index (χ1) is 5.22. The van der Waals surface area contributed by atoms with Crippen molar-refractivity contribution in [1.82, 2.24) is 10.4 Å². The third-order valence-corrected chi connectivity index (χ3v) is 1.17. The fraction of sp³-hybridized carbons (Fsp3) is 0.833. The Kier molecular flexibility index (Phi) is 5.50. The van der Waals surface area contributed by atoms with E-state index in [1.165, 1.54) is 12.0 Å². The summed E-state index contributed by atoms with van der Waals surface area (Å²) >= 11 is 0. The molecule has 1 N–H and O–H groups in total. The lowest BCUT2D eigenvalue weighted by Gasteiger charge is -2.15. The lowest BCUT2D eigenvalue weighted by Crippen LogP contribution is -2.38. The average molecular weight is 162 g/mol. The van der Waals surface area contributed by atoms with Crippen molar-refractivity contribution in [3.63, 3.8) is 0 Å². The monoisotopic (exact) mass is 162 g/mol. The summed E-state index contributed by atoms with van der Waals surface area (Å²) in [5.74, 6) is 0. The van der Waals surface area contributed by atoms with Gasteiger partial charge in [-0.15, -0.1) is 0 Å². The third-order valence-electron chi connectivity index (χ3n) is 1.17. The summed E-state index contributed by atoms with van der Waals surface area (Å²) in [6.07, 6.45) is 0. The van der Waals surface area contributed by atoms with Crippen LogP contribution >= 0.6 is 0 Å². The highest BCUT2D eigenvalue weighted by Gasteiger charge is 2.05. The van der Waals surface area contributed by atoms with E-state index in [9.17, 15) is 4.79 Å². The van der Waals surface area contributed by atoms with Gasteiger partial charge in [0.1, 0.15) is 0 Å². The van der Waals surface area contributed by atoms with Gasteiger partial charge < -0.3 is 9.64 Å². The Morgan fingerprint density at radius 3 is 2.64 bits per heavy atom. The van der Waals surface area contributed by atoms with Crippen molar-refractivity contribution < 1.29 is 14.4 Å². The molecule has 5 heteroatoms. The normalized spacial score (nSPS) is 9.36. The van der Waals surface area contributed by atoms with E-state index in [4.69, 9.17) is 4.74 Å². The highest BCUT2D eigenvalue weighted by atomic mass is 16.6. The van der Waals surface area contributed by atoms with Crippen LogP contribution in [0.4, 0.5) is 4.79 Å². The van der Waals surface area contributed by atoms with E-state index < -0.39 is 0 Å². The molecule has 0 heterocycles. The topological polar surface area (TPSA) is 50.8 Å². The Labute approximate surface area is 66.2 Å². The number of carbonyl (C=O) groups excluding carboxylic acids is 1. The van der Waals surface area contributed by atoms with Crippen molar-refractivity contribution in [2.75, 3.05) is 34.4 Å². The van der Waals surface area contributed by atoms with Gasteiger partial charge in [-0.2, -0.15) is 0 Å². The Bertz CT molecular complexity index is 118. The van der Waals surface area contributed by atoms with Crippen LogP contribution in [0, 0.1) is 0 Å². The van der Waals surface area contributed by atoms with E-state index >= 15 is 0 Å². The van der Waals surface area contributed by atoms with Crippen LogP contribution in [0.3, 0.4) is 0 Å². The molecule has 0 aromatic rings. The summed E-state index contributed by atoms with van der Waals surface area (Å²) in [5.41, 5.74) is 2.19. The molecule has 0 rings (SSSR count). The largest absolute Gasteiger partial charge is 0.383 e. The van der Waals surface area contributed by atoms with Crippen molar-refractivity contribution in [3.05, 3.63) is 0 Å². The van der Waals surface area contributed by atoms with Crippen LogP contribution in [-0.2, 0) is 9.57 Å². The zero-order valence-corrected chi connectivity index (χ0v) is 7.09. The van der Waals surface area contributed by atoms with Gasteiger partial charge in [-0.3, -0.25) is 4.84 Å². The zero-order valence-electron chi connectivity index (χ0n) is 7.09. The van der Waals surface area contributed by atoms with Gasteiger partial charge >= 0.3 is 6.03 Å². The second-order valence-corrected chi connectivity index (χ2v) is 2.03. The minimum absolute atomic E-state index is 0.274. The summed E-state index contributed by atoms with van der Waals surface area (Å²) in [4.78, 5) is 16.8. The van der Waals surface area contributed by atoms with Crippen LogP contribution in [0.5, 0.6) is 0 Å². The molecule has 0 aliphatic rings. The van der Waals surface area contributed by atoms with Crippen LogP contribution in [0.25, 0.3) is 0 Å². The van der Waals surface area contributed by atoms with Crippen molar-refractivity contribution in [3.8, 4) is 0 Å². The van der Waals surface area contributed by atoms with Gasteiger partial charge in [0.25, 0.3) is 0 Å². The summed E-state index contributed by atoms with van der Waals surface area (Å²) in [6, 6.07) is -0.274. The molecule has 0 bridgehead atoms. The molecule has 0 atom stereocenters. The molecule has 0 saturated carbocycles. The van der Waals surface area contributed by atoms with Gasteiger partial charge in [-0.25, -0.2) is 10.3 Å². The quantitative estimate of drug-likeness (QED) is 0.584. The summed E-state index contributed by atoms with van der Waals surface area (Å²) in [5, 5.41) is 0. The summed E-state index contributed by atoms with van der Waals surface area (Å²) in [7, 11) is 4.64. The molecule has 0 aliphatic heterocycles. The first-order valence-corrected chi connectivity index (χ1v) is 3.25. The predicted molar refractivity (Wildman–Crippen MR) is 40.0 cm³/mol. The number of carbonyl (C=O) groups is 1. The SMILES string of the molecule is COCCN(C)C(=O)NOC. The molecule has 0 aliphatic carbocycles. The van der Waals surface area contributed by atoms with E-state index in [1.807, 2.05) is 0 Å². The maximum Gasteiger partial charge on any atom is 0.341 e. The maximum absolute atomic E-state index is 10.9. The van der Waals surface area contributed by atoms with Gasteiger partial charge in [-0.05, 0) is 0 Å². The molecule has 0 spiro atoms. The van der Waals surface area contributed by atoms with Gasteiger partial charge in [0.2, 0.25) is 0 Å². The van der Waals surface area contributed by atoms with Gasteiger partial charge in [0.05, 0.1) is 13.7 Å². The van der Waals surface area contributed by atoms with Crippen LogP contribution < -0.4 is 5.48 Å². The molecular formula is C6H14N2O3. The number of hydroxylamine groups is 1. The van der Waals surface area contributed by atoms with Crippen molar-refractivity contribution in [2.45, 2.75) is 0 Å².